The Morgan fingerprint density at radius 3 is 2.96 bits per heavy atom. The minimum absolute atomic E-state index is 0.223. The zero-order valence-corrected chi connectivity index (χ0v) is 14.8. The third kappa shape index (κ3) is 2.65. The summed E-state index contributed by atoms with van der Waals surface area (Å²) in [6, 6.07) is 8.12. The molecule has 0 amide bonds. The summed E-state index contributed by atoms with van der Waals surface area (Å²) in [5.41, 5.74) is 1.06. The van der Waals surface area contributed by atoms with Crippen LogP contribution in [-0.2, 0) is 21.8 Å². The molecule has 1 atom stereocenters. The van der Waals surface area contributed by atoms with Crippen LogP contribution in [-0.4, -0.2) is 42.2 Å². The first-order valence-corrected chi connectivity index (χ1v) is 9.94. The number of hydrogen-bond donors (Lipinski definition) is 0. The molecule has 1 unspecified atom stereocenters. The largest absolute Gasteiger partial charge is 0.371 e. The topological polar surface area (TPSA) is 64.4 Å². The van der Waals surface area contributed by atoms with Gasteiger partial charge in [0.05, 0.1) is 18.9 Å². The zero-order chi connectivity index (χ0) is 16.7. The van der Waals surface area contributed by atoms with Crippen LogP contribution in [0.15, 0.2) is 46.9 Å². The third-order valence-corrected chi connectivity index (χ3v) is 7.01. The van der Waals surface area contributed by atoms with Crippen LogP contribution < -0.4 is 0 Å². The molecule has 1 aliphatic rings. The number of rotatable bonds is 3. The summed E-state index contributed by atoms with van der Waals surface area (Å²) in [5.74, 6) is 0. The fraction of sp³-hybridized carbons (Fsp3) is 0.312. The van der Waals surface area contributed by atoms with Crippen LogP contribution in [0.5, 0.6) is 0 Å². The Labute approximate surface area is 144 Å². The molecule has 4 rings (SSSR count). The number of aromatic nitrogens is 2. The quantitative estimate of drug-likeness (QED) is 0.717. The van der Waals surface area contributed by atoms with E-state index in [0.717, 1.165) is 10.9 Å². The van der Waals surface area contributed by atoms with E-state index in [2.05, 4.69) is 22.6 Å². The van der Waals surface area contributed by atoms with E-state index in [1.165, 1.54) is 26.1 Å². The Bertz CT molecular complexity index is 977. The van der Waals surface area contributed by atoms with Gasteiger partial charge in [-0.1, -0.05) is 18.2 Å². The van der Waals surface area contributed by atoms with Crippen molar-refractivity contribution < 1.29 is 13.2 Å². The predicted octanol–water partition coefficient (Wildman–Crippen LogP) is 2.40. The average molecular weight is 363 g/mol. The van der Waals surface area contributed by atoms with Crippen molar-refractivity contribution >= 4 is 31.4 Å². The summed E-state index contributed by atoms with van der Waals surface area (Å²) in [5, 5.41) is 7.17. The first kappa shape index (κ1) is 15.8. The van der Waals surface area contributed by atoms with Crippen molar-refractivity contribution in [2.75, 3.05) is 19.7 Å². The number of aryl methyl sites for hydroxylation is 1. The lowest BCUT2D eigenvalue weighted by molar-refractivity contribution is -0.00154. The minimum Gasteiger partial charge on any atom is -0.371 e. The predicted molar refractivity (Wildman–Crippen MR) is 92.5 cm³/mol. The molecule has 0 radical (unpaired) electrons. The summed E-state index contributed by atoms with van der Waals surface area (Å²) in [6.07, 6.45) is 2.67. The van der Waals surface area contributed by atoms with E-state index in [4.69, 9.17) is 4.74 Å². The molecule has 2 aromatic heterocycles. The lowest BCUT2D eigenvalue weighted by atomic mass is 10.1. The molecule has 0 bridgehead atoms. The lowest BCUT2D eigenvalue weighted by Crippen LogP contribution is -2.42. The van der Waals surface area contributed by atoms with E-state index >= 15 is 0 Å². The number of thiophene rings is 1. The van der Waals surface area contributed by atoms with E-state index in [1.807, 2.05) is 12.1 Å². The molecule has 3 heterocycles. The van der Waals surface area contributed by atoms with Gasteiger partial charge in [0, 0.05) is 36.6 Å². The SMILES string of the molecule is Cn1cc(S(=O)(=O)N2CCOC(c3csc4ccccc34)C2)cn1. The second-order valence-electron chi connectivity index (χ2n) is 5.76. The monoisotopic (exact) mass is 363 g/mol. The molecule has 126 valence electrons. The van der Waals surface area contributed by atoms with E-state index in [1.54, 1.807) is 18.4 Å². The molecule has 0 aliphatic carbocycles. The summed E-state index contributed by atoms with van der Waals surface area (Å²) >= 11 is 1.65. The van der Waals surface area contributed by atoms with Crippen LogP contribution in [0.25, 0.3) is 10.1 Å². The highest BCUT2D eigenvalue weighted by Gasteiger charge is 2.33. The lowest BCUT2D eigenvalue weighted by Gasteiger charge is -2.31. The van der Waals surface area contributed by atoms with Gasteiger partial charge in [-0.25, -0.2) is 8.42 Å². The number of fused-ring (bicyclic) bond motifs is 1. The van der Waals surface area contributed by atoms with Crippen LogP contribution in [0.1, 0.15) is 11.7 Å². The van der Waals surface area contributed by atoms with Gasteiger partial charge in [-0.15, -0.1) is 11.3 Å². The maximum absolute atomic E-state index is 12.8. The molecular formula is C16H17N3O3S2. The van der Waals surface area contributed by atoms with Gasteiger partial charge in [0.25, 0.3) is 0 Å². The first-order chi connectivity index (χ1) is 11.6. The third-order valence-electron chi connectivity index (χ3n) is 4.21. The van der Waals surface area contributed by atoms with Gasteiger partial charge in [-0.05, 0) is 16.8 Å². The van der Waals surface area contributed by atoms with Crippen LogP contribution in [0.4, 0.5) is 0 Å². The molecular weight excluding hydrogens is 346 g/mol. The first-order valence-electron chi connectivity index (χ1n) is 7.62. The smallest absolute Gasteiger partial charge is 0.246 e. The van der Waals surface area contributed by atoms with Crippen molar-refractivity contribution in [1.29, 1.82) is 0 Å². The van der Waals surface area contributed by atoms with E-state index < -0.39 is 10.0 Å². The van der Waals surface area contributed by atoms with Crippen molar-refractivity contribution in [3.05, 3.63) is 47.6 Å². The van der Waals surface area contributed by atoms with Gasteiger partial charge in [-0.3, -0.25) is 4.68 Å². The standard InChI is InChI=1S/C16H17N3O3S2/c1-18-9-12(8-17-18)24(20,21)19-6-7-22-15(10-19)14-11-23-16-5-3-2-4-13(14)16/h2-5,8-9,11,15H,6-7,10H2,1H3. The molecule has 3 aromatic rings. The van der Waals surface area contributed by atoms with Gasteiger partial charge in [0.1, 0.15) is 4.90 Å². The van der Waals surface area contributed by atoms with Crippen LogP contribution in [0.3, 0.4) is 0 Å². The van der Waals surface area contributed by atoms with Gasteiger partial charge < -0.3 is 4.74 Å². The van der Waals surface area contributed by atoms with Crippen LogP contribution in [0.2, 0.25) is 0 Å². The average Bonchev–Trinajstić information content (AvgIpc) is 3.21. The summed E-state index contributed by atoms with van der Waals surface area (Å²) < 4.78 is 35.6. The minimum atomic E-state index is -3.55. The number of ether oxygens (including phenoxy) is 1. The van der Waals surface area contributed by atoms with Crippen molar-refractivity contribution in [3.8, 4) is 0 Å². The highest BCUT2D eigenvalue weighted by molar-refractivity contribution is 7.89. The Balaban J connectivity index is 1.64. The summed E-state index contributed by atoms with van der Waals surface area (Å²) in [6.45, 7) is 1.06. The molecule has 0 N–H and O–H groups in total. The molecule has 24 heavy (non-hydrogen) atoms. The van der Waals surface area contributed by atoms with Gasteiger partial charge in [0.2, 0.25) is 10.0 Å². The van der Waals surface area contributed by atoms with Crippen molar-refractivity contribution in [3.63, 3.8) is 0 Å². The van der Waals surface area contributed by atoms with Crippen molar-refractivity contribution in [2.45, 2.75) is 11.0 Å². The van der Waals surface area contributed by atoms with Gasteiger partial charge in [-0.2, -0.15) is 9.40 Å². The molecule has 0 saturated carbocycles. The van der Waals surface area contributed by atoms with Gasteiger partial charge >= 0.3 is 0 Å². The van der Waals surface area contributed by atoms with Crippen molar-refractivity contribution in [1.82, 2.24) is 14.1 Å². The summed E-state index contributed by atoms with van der Waals surface area (Å²) in [7, 11) is -1.84. The molecule has 6 nitrogen and oxygen atoms in total. The molecule has 1 aliphatic heterocycles. The van der Waals surface area contributed by atoms with E-state index in [0.29, 0.717) is 19.7 Å². The summed E-state index contributed by atoms with van der Waals surface area (Å²) in [4.78, 5) is 0.223. The Hall–Kier alpha value is -1.74. The molecule has 0 spiro atoms. The maximum atomic E-state index is 12.8. The van der Waals surface area contributed by atoms with Crippen LogP contribution in [0, 0.1) is 0 Å². The number of benzene rings is 1. The highest BCUT2D eigenvalue weighted by atomic mass is 32.2. The maximum Gasteiger partial charge on any atom is 0.246 e. The molecule has 1 saturated heterocycles. The van der Waals surface area contributed by atoms with E-state index in [-0.39, 0.29) is 11.0 Å². The van der Waals surface area contributed by atoms with E-state index in [9.17, 15) is 8.42 Å². The Morgan fingerprint density at radius 1 is 1.33 bits per heavy atom. The Morgan fingerprint density at radius 2 is 2.17 bits per heavy atom. The normalized spacial score (nSPS) is 19.8. The Kier molecular flexibility index (Phi) is 3.92. The fourth-order valence-corrected chi connectivity index (χ4v) is 5.37. The van der Waals surface area contributed by atoms with Gasteiger partial charge in [0.15, 0.2) is 0 Å². The number of nitrogens with zero attached hydrogens (tertiary/aromatic N) is 3. The number of sulfonamides is 1. The fourth-order valence-electron chi connectivity index (χ4n) is 2.96. The zero-order valence-electron chi connectivity index (χ0n) is 13.1. The second kappa shape index (κ2) is 5.96. The second-order valence-corrected chi connectivity index (χ2v) is 8.61. The molecule has 1 fully saturated rings. The molecule has 8 heteroatoms. The van der Waals surface area contributed by atoms with Crippen LogP contribution >= 0.6 is 11.3 Å². The highest BCUT2D eigenvalue weighted by Crippen LogP contribution is 2.34. The number of morpholine rings is 1. The molecule has 1 aromatic carbocycles. The number of hydrogen-bond acceptors (Lipinski definition) is 5. The van der Waals surface area contributed by atoms with Crippen molar-refractivity contribution in [2.24, 2.45) is 7.05 Å².